The van der Waals surface area contributed by atoms with Crippen molar-refractivity contribution in [3.63, 3.8) is 0 Å². The highest BCUT2D eigenvalue weighted by Crippen LogP contribution is 2.33. The summed E-state index contributed by atoms with van der Waals surface area (Å²) in [6.07, 6.45) is -4.95. The van der Waals surface area contributed by atoms with Crippen LogP contribution in [-0.2, 0) is 21.0 Å². The summed E-state index contributed by atoms with van der Waals surface area (Å²) in [4.78, 5) is 11.9. The van der Waals surface area contributed by atoms with Crippen LogP contribution in [0.1, 0.15) is 5.56 Å². The van der Waals surface area contributed by atoms with Gasteiger partial charge in [-0.3, -0.25) is 4.79 Å². The molecule has 12 heteroatoms. The molecule has 164 valence electrons. The minimum Gasteiger partial charge on any atom is -0.493 e. The second-order valence-electron chi connectivity index (χ2n) is 6.02. The first-order chi connectivity index (χ1) is 13.9. The molecule has 0 atom stereocenters. The Morgan fingerprint density at radius 2 is 1.70 bits per heavy atom. The highest BCUT2D eigenvalue weighted by molar-refractivity contribution is 7.89. The number of anilines is 1. The third-order valence-electron chi connectivity index (χ3n) is 3.98. The fourth-order valence-electron chi connectivity index (χ4n) is 2.46. The Kier molecular flexibility index (Phi) is 6.93. The Hall–Kier alpha value is -2.86. The van der Waals surface area contributed by atoms with Crippen molar-refractivity contribution >= 4 is 21.6 Å². The molecule has 0 spiro atoms. The minimum atomic E-state index is -4.95. The van der Waals surface area contributed by atoms with Gasteiger partial charge in [0.25, 0.3) is 0 Å². The van der Waals surface area contributed by atoms with Gasteiger partial charge in [-0.2, -0.15) is 17.5 Å². The van der Waals surface area contributed by atoms with Crippen molar-refractivity contribution in [2.45, 2.75) is 11.1 Å². The molecule has 0 bridgehead atoms. The summed E-state index contributed by atoms with van der Waals surface area (Å²) < 4.78 is 87.8. The first-order valence-corrected chi connectivity index (χ1v) is 9.69. The third kappa shape index (κ3) is 5.19. The zero-order chi connectivity index (χ0) is 22.7. The maximum atomic E-state index is 13.3. The number of benzene rings is 2. The van der Waals surface area contributed by atoms with Gasteiger partial charge in [0.15, 0.2) is 11.5 Å². The highest BCUT2D eigenvalue weighted by Gasteiger charge is 2.34. The minimum absolute atomic E-state index is 0.155. The van der Waals surface area contributed by atoms with Crippen molar-refractivity contribution in [2.24, 2.45) is 0 Å². The van der Waals surface area contributed by atoms with Gasteiger partial charge in [-0.1, -0.05) is 0 Å². The van der Waals surface area contributed by atoms with E-state index in [2.05, 4.69) is 5.32 Å². The van der Waals surface area contributed by atoms with E-state index in [4.69, 9.17) is 9.47 Å². The Morgan fingerprint density at radius 3 is 2.27 bits per heavy atom. The number of methoxy groups -OCH3 is 2. The molecule has 30 heavy (non-hydrogen) atoms. The third-order valence-corrected chi connectivity index (χ3v) is 5.78. The Labute approximate surface area is 170 Å². The lowest BCUT2D eigenvalue weighted by atomic mass is 10.2. The van der Waals surface area contributed by atoms with Crippen molar-refractivity contribution in [1.29, 1.82) is 0 Å². The molecular formula is C18H18F4N2O5S. The van der Waals surface area contributed by atoms with E-state index in [1.807, 2.05) is 0 Å². The molecule has 0 aromatic heterocycles. The van der Waals surface area contributed by atoms with Crippen molar-refractivity contribution in [2.75, 3.05) is 33.1 Å². The summed E-state index contributed by atoms with van der Waals surface area (Å²) in [6.45, 7) is -0.699. The van der Waals surface area contributed by atoms with Gasteiger partial charge in [0.1, 0.15) is 5.82 Å². The Morgan fingerprint density at radius 1 is 1.07 bits per heavy atom. The van der Waals surface area contributed by atoms with E-state index in [9.17, 15) is 30.8 Å². The number of amides is 1. The average Bonchev–Trinajstić information content (AvgIpc) is 2.67. The molecule has 2 aromatic carbocycles. The maximum absolute atomic E-state index is 13.3. The summed E-state index contributed by atoms with van der Waals surface area (Å²) in [5.74, 6) is -1.95. The Bertz CT molecular complexity index is 1040. The van der Waals surface area contributed by atoms with Crippen LogP contribution in [0.2, 0.25) is 0 Å². The first-order valence-electron chi connectivity index (χ1n) is 8.25. The van der Waals surface area contributed by atoms with Gasteiger partial charge in [0, 0.05) is 18.8 Å². The molecule has 1 amide bonds. The summed E-state index contributed by atoms with van der Waals surface area (Å²) in [7, 11) is -0.303. The van der Waals surface area contributed by atoms with E-state index < -0.39 is 40.0 Å². The lowest BCUT2D eigenvalue weighted by molar-refractivity contribution is -0.140. The van der Waals surface area contributed by atoms with Crippen molar-refractivity contribution < 1.29 is 40.2 Å². The van der Waals surface area contributed by atoms with Crippen LogP contribution in [0.5, 0.6) is 11.5 Å². The monoisotopic (exact) mass is 450 g/mol. The van der Waals surface area contributed by atoms with Crippen LogP contribution < -0.4 is 14.8 Å². The topological polar surface area (TPSA) is 84.9 Å². The summed E-state index contributed by atoms with van der Waals surface area (Å²) in [5, 5.41) is 2.12. The lowest BCUT2D eigenvalue weighted by Gasteiger charge is -2.18. The van der Waals surface area contributed by atoms with Crippen LogP contribution in [0.25, 0.3) is 0 Å². The molecule has 2 rings (SSSR count). The molecule has 0 saturated heterocycles. The number of nitrogens with zero attached hydrogens (tertiary/aromatic N) is 1. The fourth-order valence-corrected chi connectivity index (χ4v) is 3.61. The molecule has 0 radical (unpaired) electrons. The van der Waals surface area contributed by atoms with E-state index in [-0.39, 0.29) is 16.3 Å². The van der Waals surface area contributed by atoms with Crippen LogP contribution in [0.4, 0.5) is 23.2 Å². The van der Waals surface area contributed by atoms with Gasteiger partial charge in [-0.05, 0) is 30.3 Å². The summed E-state index contributed by atoms with van der Waals surface area (Å²) in [5.41, 5.74) is -1.88. The largest absolute Gasteiger partial charge is 0.493 e. The SMILES string of the molecule is COc1ccc(S(=O)(=O)N(C)CC(=O)Nc2ccc(F)c(C(F)(F)F)c2)cc1OC. The van der Waals surface area contributed by atoms with Crippen LogP contribution >= 0.6 is 0 Å². The first kappa shape index (κ1) is 23.4. The Balaban J connectivity index is 2.17. The smallest absolute Gasteiger partial charge is 0.419 e. The van der Waals surface area contributed by atoms with Gasteiger partial charge in [-0.15, -0.1) is 0 Å². The molecule has 0 fully saturated rings. The molecule has 0 aliphatic carbocycles. The van der Waals surface area contributed by atoms with Gasteiger partial charge in [0.05, 0.1) is 31.2 Å². The number of carbonyl (C=O) groups excluding carboxylic acids is 1. The van der Waals surface area contributed by atoms with Crippen LogP contribution in [-0.4, -0.2) is 46.4 Å². The number of hydrogen-bond donors (Lipinski definition) is 1. The van der Waals surface area contributed by atoms with Gasteiger partial charge < -0.3 is 14.8 Å². The quantitative estimate of drug-likeness (QED) is 0.656. The fraction of sp³-hybridized carbons (Fsp3) is 0.278. The van der Waals surface area contributed by atoms with Crippen LogP contribution in [0.15, 0.2) is 41.3 Å². The molecule has 7 nitrogen and oxygen atoms in total. The zero-order valence-electron chi connectivity index (χ0n) is 16.1. The van der Waals surface area contributed by atoms with Crippen molar-refractivity contribution in [3.05, 3.63) is 47.8 Å². The number of rotatable bonds is 7. The highest BCUT2D eigenvalue weighted by atomic mass is 32.2. The second-order valence-corrected chi connectivity index (χ2v) is 8.06. The molecule has 0 heterocycles. The molecule has 1 N–H and O–H groups in total. The lowest BCUT2D eigenvalue weighted by Crippen LogP contribution is -2.35. The average molecular weight is 450 g/mol. The zero-order valence-corrected chi connectivity index (χ0v) is 16.9. The predicted octanol–water partition coefficient (Wildman–Crippen LogP) is 3.12. The van der Waals surface area contributed by atoms with Crippen molar-refractivity contribution in [1.82, 2.24) is 4.31 Å². The molecule has 0 aliphatic rings. The number of alkyl halides is 3. The van der Waals surface area contributed by atoms with E-state index >= 15 is 0 Å². The van der Waals surface area contributed by atoms with E-state index in [1.165, 1.54) is 32.4 Å². The summed E-state index contributed by atoms with van der Waals surface area (Å²) in [6, 6.07) is 5.75. The maximum Gasteiger partial charge on any atom is 0.419 e. The van der Waals surface area contributed by atoms with Gasteiger partial charge >= 0.3 is 6.18 Å². The number of nitrogens with one attached hydrogen (secondary N) is 1. The molecule has 0 unspecified atom stereocenters. The number of likely N-dealkylation sites (N-methyl/N-ethyl adjacent to an activating group) is 1. The van der Waals surface area contributed by atoms with E-state index in [0.717, 1.165) is 13.1 Å². The standard InChI is InChI=1S/C18H18F4N2O5S/c1-24(30(26,27)12-5-7-15(28-2)16(9-12)29-3)10-17(25)23-11-4-6-14(19)13(8-11)18(20,21)22/h4-9H,10H2,1-3H3,(H,23,25). The van der Waals surface area contributed by atoms with E-state index in [1.54, 1.807) is 0 Å². The van der Waals surface area contributed by atoms with Crippen LogP contribution in [0, 0.1) is 5.82 Å². The summed E-state index contributed by atoms with van der Waals surface area (Å²) >= 11 is 0. The van der Waals surface area contributed by atoms with Crippen LogP contribution in [0.3, 0.4) is 0 Å². The molecular weight excluding hydrogens is 432 g/mol. The number of halogens is 4. The van der Waals surface area contributed by atoms with Gasteiger partial charge in [-0.25, -0.2) is 12.8 Å². The van der Waals surface area contributed by atoms with Crippen molar-refractivity contribution in [3.8, 4) is 11.5 Å². The number of hydrogen-bond acceptors (Lipinski definition) is 5. The number of carbonyl (C=O) groups is 1. The normalized spacial score (nSPS) is 12.0. The molecule has 2 aromatic rings. The number of sulfonamides is 1. The predicted molar refractivity (Wildman–Crippen MR) is 99.4 cm³/mol. The molecule has 0 aliphatic heterocycles. The van der Waals surface area contributed by atoms with E-state index in [0.29, 0.717) is 22.2 Å². The van der Waals surface area contributed by atoms with Gasteiger partial charge in [0.2, 0.25) is 15.9 Å². The molecule has 0 saturated carbocycles. The second kappa shape index (κ2) is 8.88. The number of ether oxygens (including phenoxy) is 2.